The molecule has 0 saturated carbocycles. The Balaban J connectivity index is 2.84. The van der Waals surface area contributed by atoms with Gasteiger partial charge in [-0.1, -0.05) is 12.1 Å². The Morgan fingerprint density at radius 1 is 1.28 bits per heavy atom. The molecule has 1 aromatic heterocycles. The highest BCUT2D eigenvalue weighted by molar-refractivity contribution is 5.45. The highest BCUT2D eigenvalue weighted by atomic mass is 19.1. The van der Waals surface area contributed by atoms with Crippen molar-refractivity contribution in [3.8, 4) is 5.69 Å². The van der Waals surface area contributed by atoms with E-state index in [4.69, 9.17) is 5.73 Å². The van der Waals surface area contributed by atoms with Crippen LogP contribution in [-0.4, -0.2) is 9.36 Å². The van der Waals surface area contributed by atoms with Crippen molar-refractivity contribution in [3.05, 3.63) is 46.1 Å². The minimum Gasteiger partial charge on any atom is -0.393 e. The Morgan fingerprint density at radius 3 is 2.44 bits per heavy atom. The van der Waals surface area contributed by atoms with Crippen LogP contribution in [0.5, 0.6) is 0 Å². The zero-order valence-corrected chi connectivity index (χ0v) is 10.6. The second-order valence-electron chi connectivity index (χ2n) is 4.51. The van der Waals surface area contributed by atoms with Gasteiger partial charge in [0.05, 0.1) is 5.69 Å². The van der Waals surface area contributed by atoms with Crippen molar-refractivity contribution in [2.24, 2.45) is 0 Å². The molecule has 1 heterocycles. The summed E-state index contributed by atoms with van der Waals surface area (Å²) in [5, 5.41) is 0. The maximum atomic E-state index is 13.8. The van der Waals surface area contributed by atoms with Crippen LogP contribution in [0.4, 0.5) is 10.1 Å². The number of hydrogen-bond donors (Lipinski definition) is 1. The first-order valence-electron chi connectivity index (χ1n) is 5.79. The number of para-hydroxylation sites is 1. The molecule has 0 aliphatic heterocycles. The second-order valence-corrected chi connectivity index (χ2v) is 4.51. The lowest BCUT2D eigenvalue weighted by atomic mass is 10.3. The Labute approximate surface area is 104 Å². The number of hydrogen-bond acceptors (Lipinski definition) is 2. The van der Waals surface area contributed by atoms with Crippen molar-refractivity contribution < 1.29 is 4.39 Å². The standard InChI is InChI=1S/C13H16FN3O/c1-8(2)16-9(3)12(15)13(18)17(16)11-7-5-4-6-10(11)14/h4-8H,15H2,1-3H3. The number of anilines is 1. The Morgan fingerprint density at radius 2 is 1.89 bits per heavy atom. The maximum absolute atomic E-state index is 13.8. The number of nitrogens with two attached hydrogens (primary N) is 1. The molecule has 0 amide bonds. The van der Waals surface area contributed by atoms with Crippen LogP contribution in [0.15, 0.2) is 29.1 Å². The van der Waals surface area contributed by atoms with Gasteiger partial charge >= 0.3 is 0 Å². The van der Waals surface area contributed by atoms with Crippen molar-refractivity contribution in [1.29, 1.82) is 0 Å². The van der Waals surface area contributed by atoms with Crippen molar-refractivity contribution in [1.82, 2.24) is 9.36 Å². The zero-order chi connectivity index (χ0) is 13.4. The maximum Gasteiger partial charge on any atom is 0.294 e. The molecule has 18 heavy (non-hydrogen) atoms. The van der Waals surface area contributed by atoms with Crippen LogP contribution in [0.2, 0.25) is 0 Å². The van der Waals surface area contributed by atoms with Gasteiger partial charge in [-0.25, -0.2) is 9.07 Å². The lowest BCUT2D eigenvalue weighted by Crippen LogP contribution is -2.24. The van der Waals surface area contributed by atoms with Crippen LogP contribution in [-0.2, 0) is 0 Å². The van der Waals surface area contributed by atoms with Crippen molar-refractivity contribution in [2.45, 2.75) is 26.8 Å². The third-order valence-electron chi connectivity index (χ3n) is 2.94. The van der Waals surface area contributed by atoms with E-state index in [2.05, 4.69) is 0 Å². The van der Waals surface area contributed by atoms with Gasteiger partial charge in [-0.2, -0.15) is 0 Å². The Bertz CT molecular complexity index is 640. The molecule has 2 rings (SSSR count). The van der Waals surface area contributed by atoms with E-state index in [-0.39, 0.29) is 23.0 Å². The third kappa shape index (κ3) is 1.72. The highest BCUT2D eigenvalue weighted by Gasteiger charge is 2.19. The summed E-state index contributed by atoms with van der Waals surface area (Å²) in [6, 6.07) is 6.17. The molecule has 96 valence electrons. The molecule has 2 aromatic rings. The first-order valence-corrected chi connectivity index (χ1v) is 5.79. The highest BCUT2D eigenvalue weighted by Crippen LogP contribution is 2.19. The van der Waals surface area contributed by atoms with Gasteiger partial charge in [0.15, 0.2) is 0 Å². The molecule has 0 aliphatic carbocycles. The second kappa shape index (κ2) is 4.33. The minimum atomic E-state index is -0.445. The normalized spacial score (nSPS) is 11.2. The molecule has 2 N–H and O–H groups in total. The van der Waals surface area contributed by atoms with Crippen LogP contribution < -0.4 is 11.3 Å². The molecule has 0 aliphatic rings. The van der Waals surface area contributed by atoms with E-state index < -0.39 is 5.82 Å². The summed E-state index contributed by atoms with van der Waals surface area (Å²) in [7, 11) is 0. The summed E-state index contributed by atoms with van der Waals surface area (Å²) in [6.45, 7) is 5.60. The van der Waals surface area contributed by atoms with Gasteiger partial charge in [-0.3, -0.25) is 9.48 Å². The SMILES string of the molecule is Cc1c(N)c(=O)n(-c2ccccc2F)n1C(C)C. The molecular formula is C13H16FN3O. The van der Waals surface area contributed by atoms with Crippen LogP contribution in [0.1, 0.15) is 25.6 Å². The number of halogens is 1. The largest absolute Gasteiger partial charge is 0.393 e. The fourth-order valence-corrected chi connectivity index (χ4v) is 2.11. The van der Waals surface area contributed by atoms with Gasteiger partial charge in [0, 0.05) is 6.04 Å². The Kier molecular flexibility index (Phi) is 2.98. The molecule has 0 bridgehead atoms. The fraction of sp³-hybridized carbons (Fsp3) is 0.308. The molecule has 1 aromatic carbocycles. The van der Waals surface area contributed by atoms with Gasteiger partial charge in [-0.15, -0.1) is 0 Å². The lowest BCUT2D eigenvalue weighted by Gasteiger charge is -2.17. The predicted octanol–water partition coefficient (Wildman–Crippen LogP) is 2.25. The smallest absolute Gasteiger partial charge is 0.294 e. The fourth-order valence-electron chi connectivity index (χ4n) is 2.11. The van der Waals surface area contributed by atoms with Gasteiger partial charge in [0.2, 0.25) is 0 Å². The van der Waals surface area contributed by atoms with Crippen LogP contribution >= 0.6 is 0 Å². The number of aromatic nitrogens is 2. The monoisotopic (exact) mass is 249 g/mol. The van der Waals surface area contributed by atoms with Crippen LogP contribution in [0.3, 0.4) is 0 Å². The van der Waals surface area contributed by atoms with E-state index in [1.807, 2.05) is 13.8 Å². The summed E-state index contributed by atoms with van der Waals surface area (Å²) in [5.41, 5.74) is 6.40. The number of nitrogen functional groups attached to an aromatic ring is 1. The summed E-state index contributed by atoms with van der Waals surface area (Å²) in [6.07, 6.45) is 0. The summed E-state index contributed by atoms with van der Waals surface area (Å²) >= 11 is 0. The third-order valence-corrected chi connectivity index (χ3v) is 2.94. The molecule has 0 radical (unpaired) electrons. The summed E-state index contributed by atoms with van der Waals surface area (Å²) in [5.74, 6) is -0.445. The molecular weight excluding hydrogens is 233 g/mol. The molecule has 0 atom stereocenters. The number of rotatable bonds is 2. The molecule has 5 heteroatoms. The van der Waals surface area contributed by atoms with E-state index in [9.17, 15) is 9.18 Å². The van der Waals surface area contributed by atoms with Crippen molar-refractivity contribution in [2.75, 3.05) is 5.73 Å². The molecule has 0 unspecified atom stereocenters. The van der Waals surface area contributed by atoms with E-state index >= 15 is 0 Å². The molecule has 0 fully saturated rings. The first kappa shape index (κ1) is 12.4. The van der Waals surface area contributed by atoms with E-state index in [0.29, 0.717) is 5.69 Å². The average Bonchev–Trinajstić information content (AvgIpc) is 2.54. The summed E-state index contributed by atoms with van der Waals surface area (Å²) in [4.78, 5) is 12.1. The van der Waals surface area contributed by atoms with Gasteiger partial charge in [0.25, 0.3) is 5.56 Å². The quantitative estimate of drug-likeness (QED) is 0.887. The van der Waals surface area contributed by atoms with Gasteiger partial charge in [0.1, 0.15) is 17.2 Å². The average molecular weight is 249 g/mol. The number of nitrogens with zero attached hydrogens (tertiary/aromatic N) is 2. The molecule has 4 nitrogen and oxygen atoms in total. The zero-order valence-electron chi connectivity index (χ0n) is 10.6. The summed E-state index contributed by atoms with van der Waals surface area (Å²) < 4.78 is 16.8. The van der Waals surface area contributed by atoms with E-state index in [0.717, 1.165) is 0 Å². The van der Waals surface area contributed by atoms with Gasteiger partial charge < -0.3 is 5.73 Å². The van der Waals surface area contributed by atoms with Crippen LogP contribution in [0.25, 0.3) is 5.69 Å². The van der Waals surface area contributed by atoms with Crippen LogP contribution in [0, 0.1) is 12.7 Å². The molecule has 0 saturated heterocycles. The van der Waals surface area contributed by atoms with E-state index in [1.165, 1.54) is 10.7 Å². The minimum absolute atomic E-state index is 0.00889. The Hall–Kier alpha value is -2.04. The van der Waals surface area contributed by atoms with Crippen molar-refractivity contribution in [3.63, 3.8) is 0 Å². The molecule has 0 spiro atoms. The van der Waals surface area contributed by atoms with E-state index in [1.54, 1.807) is 29.8 Å². The predicted molar refractivity (Wildman–Crippen MR) is 69.5 cm³/mol. The lowest BCUT2D eigenvalue weighted by molar-refractivity contribution is 0.457. The topological polar surface area (TPSA) is 53.0 Å². The van der Waals surface area contributed by atoms with Crippen molar-refractivity contribution >= 4 is 5.69 Å². The van der Waals surface area contributed by atoms with Gasteiger partial charge in [-0.05, 0) is 32.9 Å². The number of benzene rings is 1. The first-order chi connectivity index (χ1) is 8.45.